The Balaban J connectivity index is 1.73. The molecule has 0 aliphatic rings. The summed E-state index contributed by atoms with van der Waals surface area (Å²) in [6.45, 7) is 0.400. The molecule has 0 saturated heterocycles. The molecule has 0 spiro atoms. The van der Waals surface area contributed by atoms with Crippen molar-refractivity contribution in [2.75, 3.05) is 0 Å². The van der Waals surface area contributed by atoms with Gasteiger partial charge in [0.2, 0.25) is 5.91 Å². The summed E-state index contributed by atoms with van der Waals surface area (Å²) in [7, 11) is 0. The highest BCUT2D eigenvalue weighted by Gasteiger charge is 2.12. The van der Waals surface area contributed by atoms with Gasteiger partial charge in [-0.1, -0.05) is 41.4 Å². The Labute approximate surface area is 159 Å². The van der Waals surface area contributed by atoms with Crippen LogP contribution < -0.4 is 5.32 Å². The monoisotopic (exact) mass is 392 g/mol. The zero-order valence-corrected chi connectivity index (χ0v) is 15.3. The summed E-state index contributed by atoms with van der Waals surface area (Å²) in [4.78, 5) is 12.3. The number of benzene rings is 2. The number of rotatable bonds is 5. The molecule has 5 nitrogen and oxygen atoms in total. The van der Waals surface area contributed by atoms with E-state index in [4.69, 9.17) is 35.4 Å². The molecule has 0 atom stereocenters. The van der Waals surface area contributed by atoms with E-state index in [0.29, 0.717) is 27.2 Å². The van der Waals surface area contributed by atoms with E-state index in [1.54, 1.807) is 22.8 Å². The lowest BCUT2D eigenvalue weighted by Gasteiger charge is -2.09. The van der Waals surface area contributed by atoms with Crippen LogP contribution in [0, 0.1) is 4.77 Å². The number of carbonyl (C=O) groups excluding carboxylic acids is 1. The van der Waals surface area contributed by atoms with Gasteiger partial charge in [-0.15, -0.1) is 0 Å². The fraction of sp³-hybridized carbons (Fsp3) is 0.118. The lowest BCUT2D eigenvalue weighted by atomic mass is 10.2. The van der Waals surface area contributed by atoms with Gasteiger partial charge in [0.15, 0.2) is 10.6 Å². The Morgan fingerprint density at radius 2 is 1.88 bits per heavy atom. The Bertz CT molecular complexity index is 950. The third-order valence-electron chi connectivity index (χ3n) is 3.60. The molecule has 0 radical (unpaired) electrons. The highest BCUT2D eigenvalue weighted by Crippen LogP contribution is 2.20. The molecular formula is C17H14Cl2N4OS. The lowest BCUT2D eigenvalue weighted by Crippen LogP contribution is -2.27. The third-order valence-corrected chi connectivity index (χ3v) is 4.53. The molecule has 128 valence electrons. The zero-order valence-electron chi connectivity index (χ0n) is 13.0. The van der Waals surface area contributed by atoms with Crippen LogP contribution in [0.4, 0.5) is 0 Å². The standard InChI is InChI=1S/C17H14Cl2N4OS/c18-13-7-5-11(6-8-13)16-21-22-17(25)23(16)10-15(24)20-9-12-3-1-2-4-14(12)19/h1-8H,9-10H2,(H,20,24)(H,22,25). The maximum atomic E-state index is 12.3. The van der Waals surface area contributed by atoms with Crippen LogP contribution >= 0.6 is 35.4 Å². The smallest absolute Gasteiger partial charge is 0.240 e. The second kappa shape index (κ2) is 7.82. The number of hydrogen-bond acceptors (Lipinski definition) is 3. The van der Waals surface area contributed by atoms with E-state index >= 15 is 0 Å². The SMILES string of the molecule is O=C(Cn1c(-c2ccc(Cl)cc2)n[nH]c1=S)NCc1ccccc1Cl. The summed E-state index contributed by atoms with van der Waals surface area (Å²) in [6.07, 6.45) is 0. The van der Waals surface area contributed by atoms with Gasteiger partial charge in [0, 0.05) is 22.2 Å². The normalized spacial score (nSPS) is 10.6. The van der Waals surface area contributed by atoms with Crippen molar-refractivity contribution >= 4 is 41.3 Å². The molecule has 0 aliphatic heterocycles. The molecule has 2 aromatic carbocycles. The van der Waals surface area contributed by atoms with E-state index in [0.717, 1.165) is 11.1 Å². The van der Waals surface area contributed by atoms with Crippen molar-refractivity contribution in [3.8, 4) is 11.4 Å². The molecule has 25 heavy (non-hydrogen) atoms. The van der Waals surface area contributed by atoms with Gasteiger partial charge in [-0.25, -0.2) is 0 Å². The maximum Gasteiger partial charge on any atom is 0.240 e. The van der Waals surface area contributed by atoms with Crippen molar-refractivity contribution in [1.82, 2.24) is 20.1 Å². The van der Waals surface area contributed by atoms with Gasteiger partial charge in [-0.3, -0.25) is 14.5 Å². The van der Waals surface area contributed by atoms with Crippen LogP contribution in [0.15, 0.2) is 48.5 Å². The Morgan fingerprint density at radius 1 is 1.16 bits per heavy atom. The van der Waals surface area contributed by atoms with Crippen LogP contribution in [0.3, 0.4) is 0 Å². The van der Waals surface area contributed by atoms with Gasteiger partial charge in [-0.05, 0) is 48.1 Å². The molecule has 1 heterocycles. The van der Waals surface area contributed by atoms with Crippen LogP contribution in [0.5, 0.6) is 0 Å². The fourth-order valence-corrected chi connectivity index (χ4v) is 2.84. The molecule has 1 aromatic heterocycles. The van der Waals surface area contributed by atoms with Gasteiger partial charge in [0.1, 0.15) is 6.54 Å². The second-order valence-corrected chi connectivity index (χ2v) is 6.54. The van der Waals surface area contributed by atoms with Crippen molar-refractivity contribution in [1.29, 1.82) is 0 Å². The molecule has 3 rings (SSSR count). The summed E-state index contributed by atoms with van der Waals surface area (Å²) in [5.74, 6) is 0.391. The van der Waals surface area contributed by atoms with Gasteiger partial charge < -0.3 is 5.32 Å². The zero-order chi connectivity index (χ0) is 17.8. The minimum atomic E-state index is -0.187. The van der Waals surface area contributed by atoms with E-state index in [1.807, 2.05) is 30.3 Å². The first-order valence-electron chi connectivity index (χ1n) is 7.46. The number of nitrogens with one attached hydrogen (secondary N) is 2. The molecule has 0 fully saturated rings. The number of aromatic nitrogens is 3. The number of halogens is 2. The molecule has 3 aromatic rings. The first kappa shape index (κ1) is 17.7. The summed E-state index contributed by atoms with van der Waals surface area (Å²) in [6, 6.07) is 14.5. The average molecular weight is 393 g/mol. The van der Waals surface area contributed by atoms with E-state index in [-0.39, 0.29) is 12.5 Å². The Kier molecular flexibility index (Phi) is 5.53. The minimum Gasteiger partial charge on any atom is -0.350 e. The largest absolute Gasteiger partial charge is 0.350 e. The van der Waals surface area contributed by atoms with Crippen LogP contribution in [0.25, 0.3) is 11.4 Å². The van der Waals surface area contributed by atoms with Crippen molar-refractivity contribution in [3.63, 3.8) is 0 Å². The first-order chi connectivity index (χ1) is 12.0. The molecule has 8 heteroatoms. The molecule has 2 N–H and O–H groups in total. The van der Waals surface area contributed by atoms with Crippen molar-refractivity contribution in [2.24, 2.45) is 0 Å². The number of carbonyl (C=O) groups is 1. The van der Waals surface area contributed by atoms with Gasteiger partial charge in [0.25, 0.3) is 0 Å². The van der Waals surface area contributed by atoms with Gasteiger partial charge in [0.05, 0.1) is 0 Å². The predicted molar refractivity (Wildman–Crippen MR) is 101 cm³/mol. The van der Waals surface area contributed by atoms with Crippen LogP contribution in [-0.4, -0.2) is 20.7 Å². The number of aromatic amines is 1. The Morgan fingerprint density at radius 3 is 2.60 bits per heavy atom. The minimum absolute atomic E-state index is 0.0533. The van der Waals surface area contributed by atoms with Crippen LogP contribution in [0.2, 0.25) is 10.0 Å². The molecule has 0 saturated carbocycles. The second-order valence-electron chi connectivity index (χ2n) is 5.31. The number of H-pyrrole nitrogens is 1. The van der Waals surface area contributed by atoms with E-state index < -0.39 is 0 Å². The summed E-state index contributed by atoms with van der Waals surface area (Å²) in [5, 5.41) is 11.0. The predicted octanol–water partition coefficient (Wildman–Crippen LogP) is 4.23. The fourth-order valence-electron chi connectivity index (χ4n) is 2.32. The lowest BCUT2D eigenvalue weighted by molar-refractivity contribution is -0.121. The molecule has 0 aliphatic carbocycles. The van der Waals surface area contributed by atoms with Crippen molar-refractivity contribution < 1.29 is 4.79 Å². The van der Waals surface area contributed by atoms with Crippen LogP contribution in [-0.2, 0) is 17.9 Å². The van der Waals surface area contributed by atoms with E-state index in [9.17, 15) is 4.79 Å². The topological polar surface area (TPSA) is 62.7 Å². The van der Waals surface area contributed by atoms with Crippen molar-refractivity contribution in [3.05, 3.63) is 68.9 Å². The highest BCUT2D eigenvalue weighted by molar-refractivity contribution is 7.71. The number of amides is 1. The first-order valence-corrected chi connectivity index (χ1v) is 8.62. The molecular weight excluding hydrogens is 379 g/mol. The van der Waals surface area contributed by atoms with Crippen molar-refractivity contribution in [2.45, 2.75) is 13.1 Å². The Hall–Kier alpha value is -2.15. The summed E-state index contributed by atoms with van der Waals surface area (Å²) in [5.41, 5.74) is 1.67. The number of nitrogens with zero attached hydrogens (tertiary/aromatic N) is 2. The van der Waals surface area contributed by atoms with E-state index in [2.05, 4.69) is 15.5 Å². The average Bonchev–Trinajstić information content (AvgIpc) is 2.96. The third kappa shape index (κ3) is 4.28. The van der Waals surface area contributed by atoms with Gasteiger partial charge in [-0.2, -0.15) is 5.10 Å². The molecule has 0 bridgehead atoms. The van der Waals surface area contributed by atoms with E-state index in [1.165, 1.54) is 0 Å². The van der Waals surface area contributed by atoms with Gasteiger partial charge >= 0.3 is 0 Å². The van der Waals surface area contributed by atoms with Crippen LogP contribution in [0.1, 0.15) is 5.56 Å². The number of hydrogen-bond donors (Lipinski definition) is 2. The molecule has 1 amide bonds. The molecule has 0 unspecified atom stereocenters. The quantitative estimate of drug-likeness (QED) is 0.638. The highest BCUT2D eigenvalue weighted by atomic mass is 35.5. The summed E-state index contributed by atoms with van der Waals surface area (Å²) >= 11 is 17.2. The summed E-state index contributed by atoms with van der Waals surface area (Å²) < 4.78 is 2.01. The maximum absolute atomic E-state index is 12.3.